The minimum Gasteiger partial charge on any atom is -0.357 e. The Morgan fingerprint density at radius 1 is 1.04 bits per heavy atom. The van der Waals surface area contributed by atoms with Gasteiger partial charge >= 0.3 is 0 Å². The van der Waals surface area contributed by atoms with Crippen LogP contribution in [0.25, 0.3) is 11.3 Å². The van der Waals surface area contributed by atoms with Crippen LogP contribution >= 0.6 is 0 Å². The molecule has 0 unspecified atom stereocenters. The highest BCUT2D eigenvalue weighted by Gasteiger charge is 2.06. The SMILES string of the molecule is CCNC(=NCc1cccc(-n2cccn2)c1)NCc1nnc2ccccn12. The van der Waals surface area contributed by atoms with Gasteiger partial charge in [-0.1, -0.05) is 18.2 Å². The third-order valence-corrected chi connectivity index (χ3v) is 4.24. The van der Waals surface area contributed by atoms with E-state index < -0.39 is 0 Å². The van der Waals surface area contributed by atoms with Gasteiger partial charge in [0.15, 0.2) is 17.4 Å². The fourth-order valence-corrected chi connectivity index (χ4v) is 2.91. The van der Waals surface area contributed by atoms with Crippen LogP contribution in [-0.4, -0.2) is 36.9 Å². The molecule has 28 heavy (non-hydrogen) atoms. The first-order valence-corrected chi connectivity index (χ1v) is 9.23. The number of hydrogen-bond donors (Lipinski definition) is 2. The maximum Gasteiger partial charge on any atom is 0.191 e. The molecule has 0 atom stereocenters. The first-order chi connectivity index (χ1) is 13.8. The Labute approximate surface area is 162 Å². The van der Waals surface area contributed by atoms with Gasteiger partial charge in [0.05, 0.1) is 18.8 Å². The number of benzene rings is 1. The molecule has 142 valence electrons. The second-order valence-corrected chi connectivity index (χ2v) is 6.21. The molecule has 3 heterocycles. The van der Waals surface area contributed by atoms with Crippen LogP contribution in [0.1, 0.15) is 18.3 Å². The number of fused-ring (bicyclic) bond motifs is 1. The van der Waals surface area contributed by atoms with Gasteiger partial charge in [-0.05, 0) is 42.8 Å². The summed E-state index contributed by atoms with van der Waals surface area (Å²) in [4.78, 5) is 4.69. The minimum atomic E-state index is 0.532. The van der Waals surface area contributed by atoms with Crippen molar-refractivity contribution in [1.29, 1.82) is 0 Å². The zero-order valence-corrected chi connectivity index (χ0v) is 15.7. The third-order valence-electron chi connectivity index (χ3n) is 4.24. The zero-order chi connectivity index (χ0) is 19.2. The summed E-state index contributed by atoms with van der Waals surface area (Å²) in [5.74, 6) is 1.57. The second-order valence-electron chi connectivity index (χ2n) is 6.21. The van der Waals surface area contributed by atoms with Gasteiger partial charge in [0.1, 0.15) is 0 Å². The van der Waals surface area contributed by atoms with E-state index in [4.69, 9.17) is 4.99 Å². The normalized spacial score (nSPS) is 11.7. The first-order valence-electron chi connectivity index (χ1n) is 9.23. The summed E-state index contributed by atoms with van der Waals surface area (Å²) in [6.45, 7) is 3.91. The molecule has 0 spiro atoms. The maximum atomic E-state index is 4.69. The smallest absolute Gasteiger partial charge is 0.191 e. The van der Waals surface area contributed by atoms with Crippen molar-refractivity contribution in [1.82, 2.24) is 35.0 Å². The summed E-state index contributed by atoms with van der Waals surface area (Å²) in [6, 6.07) is 16.0. The predicted octanol–water partition coefficient (Wildman–Crippen LogP) is 2.17. The number of pyridine rings is 1. The van der Waals surface area contributed by atoms with Crippen LogP contribution in [0.2, 0.25) is 0 Å². The van der Waals surface area contributed by atoms with Crippen LogP contribution in [0.3, 0.4) is 0 Å². The Morgan fingerprint density at radius 2 is 2.00 bits per heavy atom. The van der Waals surface area contributed by atoms with E-state index >= 15 is 0 Å². The molecule has 0 radical (unpaired) electrons. The second kappa shape index (κ2) is 8.34. The van der Waals surface area contributed by atoms with Crippen molar-refractivity contribution in [2.75, 3.05) is 6.54 Å². The highest BCUT2D eigenvalue weighted by atomic mass is 15.3. The molecule has 0 amide bonds. The molecule has 8 heteroatoms. The lowest BCUT2D eigenvalue weighted by atomic mass is 10.2. The molecule has 0 aliphatic rings. The van der Waals surface area contributed by atoms with Gasteiger partial charge in [-0.25, -0.2) is 9.67 Å². The van der Waals surface area contributed by atoms with E-state index in [1.165, 1.54) is 0 Å². The molecule has 0 aliphatic heterocycles. The van der Waals surface area contributed by atoms with E-state index in [0.717, 1.165) is 35.2 Å². The fraction of sp³-hybridized carbons (Fsp3) is 0.200. The first kappa shape index (κ1) is 17.7. The summed E-state index contributed by atoms with van der Waals surface area (Å²) in [7, 11) is 0. The summed E-state index contributed by atoms with van der Waals surface area (Å²) in [5.41, 5.74) is 2.96. The van der Waals surface area contributed by atoms with Gasteiger partial charge in [0.25, 0.3) is 0 Å². The van der Waals surface area contributed by atoms with E-state index in [9.17, 15) is 0 Å². The van der Waals surface area contributed by atoms with Crippen molar-refractivity contribution >= 4 is 11.6 Å². The molecular formula is C20H22N8. The number of rotatable bonds is 6. The van der Waals surface area contributed by atoms with E-state index in [1.54, 1.807) is 6.20 Å². The molecule has 1 aromatic carbocycles. The van der Waals surface area contributed by atoms with Crippen LogP contribution in [0.5, 0.6) is 0 Å². The van der Waals surface area contributed by atoms with Crippen molar-refractivity contribution in [2.45, 2.75) is 20.0 Å². The highest BCUT2D eigenvalue weighted by Crippen LogP contribution is 2.10. The average Bonchev–Trinajstić information content (AvgIpc) is 3.41. The standard InChI is InChI=1S/C20H22N8/c1-2-21-20(23-15-19-26-25-18-9-3-4-11-27(18)19)22-14-16-7-5-8-17(13-16)28-12-6-10-24-28/h3-13H,2,14-15H2,1H3,(H2,21,22,23). The average molecular weight is 374 g/mol. The molecule has 4 rings (SSSR count). The summed E-state index contributed by atoms with van der Waals surface area (Å²) in [6.07, 6.45) is 5.65. The lowest BCUT2D eigenvalue weighted by Gasteiger charge is -2.11. The monoisotopic (exact) mass is 374 g/mol. The maximum absolute atomic E-state index is 4.69. The Kier molecular flexibility index (Phi) is 5.28. The zero-order valence-electron chi connectivity index (χ0n) is 15.7. The van der Waals surface area contributed by atoms with Gasteiger partial charge in [0.2, 0.25) is 0 Å². The molecule has 0 bridgehead atoms. The van der Waals surface area contributed by atoms with Crippen molar-refractivity contribution in [3.05, 3.63) is 78.5 Å². The van der Waals surface area contributed by atoms with Gasteiger partial charge in [0, 0.05) is 25.1 Å². The van der Waals surface area contributed by atoms with Crippen LogP contribution < -0.4 is 10.6 Å². The topological polar surface area (TPSA) is 84.4 Å². The molecule has 3 aromatic heterocycles. The number of nitrogens with one attached hydrogen (secondary N) is 2. The van der Waals surface area contributed by atoms with Crippen LogP contribution in [0.4, 0.5) is 0 Å². The van der Waals surface area contributed by atoms with Crippen LogP contribution in [-0.2, 0) is 13.1 Å². The van der Waals surface area contributed by atoms with Gasteiger partial charge in [-0.15, -0.1) is 10.2 Å². The van der Waals surface area contributed by atoms with Crippen molar-refractivity contribution in [3.63, 3.8) is 0 Å². The third kappa shape index (κ3) is 4.01. The summed E-state index contributed by atoms with van der Waals surface area (Å²) < 4.78 is 3.80. The molecule has 4 aromatic rings. The largest absolute Gasteiger partial charge is 0.357 e. The minimum absolute atomic E-state index is 0.532. The Balaban J connectivity index is 1.45. The lowest BCUT2D eigenvalue weighted by Crippen LogP contribution is -2.37. The van der Waals surface area contributed by atoms with Gasteiger partial charge in [-0.2, -0.15) is 5.10 Å². The molecule has 0 aliphatic carbocycles. The lowest BCUT2D eigenvalue weighted by molar-refractivity contribution is 0.765. The van der Waals surface area contributed by atoms with Gasteiger partial charge in [-0.3, -0.25) is 4.40 Å². The van der Waals surface area contributed by atoms with Crippen molar-refractivity contribution in [2.24, 2.45) is 4.99 Å². The Morgan fingerprint density at radius 3 is 2.86 bits per heavy atom. The highest BCUT2D eigenvalue weighted by molar-refractivity contribution is 5.79. The Hall–Kier alpha value is -3.68. The van der Waals surface area contributed by atoms with Crippen LogP contribution in [0.15, 0.2) is 72.1 Å². The summed E-state index contributed by atoms with van der Waals surface area (Å²) in [5, 5.41) is 19.3. The molecule has 0 fully saturated rings. The van der Waals surface area contributed by atoms with E-state index in [1.807, 2.05) is 64.8 Å². The predicted molar refractivity (Wildman–Crippen MR) is 108 cm³/mol. The number of nitrogens with zero attached hydrogens (tertiary/aromatic N) is 6. The van der Waals surface area contributed by atoms with Gasteiger partial charge < -0.3 is 10.6 Å². The number of guanidine groups is 1. The molecule has 0 saturated carbocycles. The molecule has 2 N–H and O–H groups in total. The fourth-order valence-electron chi connectivity index (χ4n) is 2.91. The number of aromatic nitrogens is 5. The molecular weight excluding hydrogens is 352 g/mol. The molecule has 8 nitrogen and oxygen atoms in total. The number of aliphatic imine (C=N–C) groups is 1. The van der Waals surface area contributed by atoms with E-state index in [-0.39, 0.29) is 0 Å². The van der Waals surface area contributed by atoms with E-state index in [2.05, 4.69) is 38.1 Å². The Bertz CT molecular complexity index is 1060. The summed E-state index contributed by atoms with van der Waals surface area (Å²) >= 11 is 0. The van der Waals surface area contributed by atoms with E-state index in [0.29, 0.717) is 13.1 Å². The van der Waals surface area contributed by atoms with Crippen molar-refractivity contribution in [3.8, 4) is 5.69 Å². The van der Waals surface area contributed by atoms with Crippen molar-refractivity contribution < 1.29 is 0 Å². The molecule has 0 saturated heterocycles. The van der Waals surface area contributed by atoms with Crippen LogP contribution in [0, 0.1) is 0 Å². The number of hydrogen-bond acceptors (Lipinski definition) is 4. The quantitative estimate of drug-likeness (QED) is 0.399.